The van der Waals surface area contributed by atoms with E-state index in [4.69, 9.17) is 4.74 Å². The molecule has 0 bridgehead atoms. The molecule has 0 saturated heterocycles. The molecule has 2 amide bonds. The minimum absolute atomic E-state index is 0.215. The van der Waals surface area contributed by atoms with E-state index < -0.39 is 23.8 Å². The third-order valence-corrected chi connectivity index (χ3v) is 2.29. The summed E-state index contributed by atoms with van der Waals surface area (Å²) in [4.78, 5) is 34.3. The van der Waals surface area contributed by atoms with Crippen molar-refractivity contribution in [3.63, 3.8) is 0 Å². The number of carbonyl (C=O) groups is 3. The van der Waals surface area contributed by atoms with Crippen LogP contribution in [0.2, 0.25) is 0 Å². The summed E-state index contributed by atoms with van der Waals surface area (Å²) in [6.45, 7) is 10.7. The average Bonchev–Trinajstić information content (AvgIpc) is 2.24. The van der Waals surface area contributed by atoms with Crippen molar-refractivity contribution in [1.82, 2.24) is 10.6 Å². The standard InChI is InChI=1S/C14H26N2O4/c1-9(2)7-11(12(18)15-10(3)8-17)16-13(19)20-14(4,5)6/h8-11H,7H2,1-6H3,(H,15,18)(H,16,19)/t10?,11-/m0/s1. The highest BCUT2D eigenvalue weighted by Gasteiger charge is 2.25. The van der Waals surface area contributed by atoms with E-state index in [-0.39, 0.29) is 11.8 Å². The highest BCUT2D eigenvalue weighted by atomic mass is 16.6. The first-order chi connectivity index (χ1) is 9.05. The van der Waals surface area contributed by atoms with Crippen LogP contribution in [0.4, 0.5) is 4.79 Å². The molecule has 20 heavy (non-hydrogen) atoms. The normalized spacial score (nSPS) is 14.3. The molecule has 6 nitrogen and oxygen atoms in total. The predicted molar refractivity (Wildman–Crippen MR) is 76.3 cm³/mol. The third kappa shape index (κ3) is 8.50. The molecule has 0 aliphatic rings. The first kappa shape index (κ1) is 18.4. The van der Waals surface area contributed by atoms with E-state index in [0.29, 0.717) is 12.7 Å². The number of rotatable bonds is 6. The molecule has 0 fully saturated rings. The average molecular weight is 286 g/mol. The Labute approximate surface area is 120 Å². The Morgan fingerprint density at radius 1 is 1.15 bits per heavy atom. The Balaban J connectivity index is 4.67. The van der Waals surface area contributed by atoms with E-state index in [1.807, 2.05) is 13.8 Å². The summed E-state index contributed by atoms with van der Waals surface area (Å²) in [7, 11) is 0. The fourth-order valence-corrected chi connectivity index (χ4v) is 1.51. The summed E-state index contributed by atoms with van der Waals surface area (Å²) < 4.78 is 5.13. The van der Waals surface area contributed by atoms with Gasteiger partial charge in [0.15, 0.2) is 0 Å². The highest BCUT2D eigenvalue weighted by Crippen LogP contribution is 2.09. The van der Waals surface area contributed by atoms with Gasteiger partial charge >= 0.3 is 6.09 Å². The molecule has 0 aliphatic heterocycles. The molecule has 2 N–H and O–H groups in total. The highest BCUT2D eigenvalue weighted by molar-refractivity contribution is 5.87. The van der Waals surface area contributed by atoms with Crippen molar-refractivity contribution in [1.29, 1.82) is 0 Å². The number of carbonyl (C=O) groups excluding carboxylic acids is 3. The summed E-state index contributed by atoms with van der Waals surface area (Å²) in [5.41, 5.74) is -0.626. The number of hydrogen-bond donors (Lipinski definition) is 2. The van der Waals surface area contributed by atoms with Gasteiger partial charge in [-0.05, 0) is 40.0 Å². The second-order valence-corrected chi connectivity index (χ2v) is 6.26. The molecule has 0 aromatic heterocycles. The second-order valence-electron chi connectivity index (χ2n) is 6.26. The van der Waals surface area contributed by atoms with Crippen molar-refractivity contribution in [3.05, 3.63) is 0 Å². The lowest BCUT2D eigenvalue weighted by atomic mass is 10.0. The molecule has 0 aliphatic carbocycles. The van der Waals surface area contributed by atoms with E-state index in [9.17, 15) is 14.4 Å². The molecule has 0 saturated carbocycles. The maximum Gasteiger partial charge on any atom is 0.408 e. The van der Waals surface area contributed by atoms with Gasteiger partial charge in [-0.2, -0.15) is 0 Å². The van der Waals surface area contributed by atoms with E-state index in [2.05, 4.69) is 10.6 Å². The Bertz CT molecular complexity index is 348. The monoisotopic (exact) mass is 286 g/mol. The van der Waals surface area contributed by atoms with Gasteiger partial charge in [0, 0.05) is 0 Å². The maximum absolute atomic E-state index is 12.0. The molecular formula is C14H26N2O4. The smallest absolute Gasteiger partial charge is 0.408 e. The fraction of sp³-hybridized carbons (Fsp3) is 0.786. The van der Waals surface area contributed by atoms with E-state index >= 15 is 0 Å². The first-order valence-corrected chi connectivity index (χ1v) is 6.80. The summed E-state index contributed by atoms with van der Waals surface area (Å²) >= 11 is 0. The number of aldehydes is 1. The summed E-state index contributed by atoms with van der Waals surface area (Å²) in [5.74, 6) is -0.170. The SMILES string of the molecule is CC(C)C[C@H](NC(=O)OC(C)(C)C)C(=O)NC(C)C=O. The zero-order valence-electron chi connectivity index (χ0n) is 13.1. The molecular weight excluding hydrogens is 260 g/mol. The van der Waals surface area contributed by atoms with E-state index in [1.54, 1.807) is 27.7 Å². The van der Waals surface area contributed by atoms with Crippen LogP contribution in [-0.4, -0.2) is 36.0 Å². The molecule has 1 unspecified atom stereocenters. The van der Waals surface area contributed by atoms with Crippen LogP contribution in [0.3, 0.4) is 0 Å². The minimum atomic E-state index is -0.716. The minimum Gasteiger partial charge on any atom is -0.444 e. The van der Waals surface area contributed by atoms with Crippen LogP contribution in [0.1, 0.15) is 48.0 Å². The van der Waals surface area contributed by atoms with Gasteiger partial charge in [0.2, 0.25) is 5.91 Å². The van der Waals surface area contributed by atoms with Gasteiger partial charge in [-0.25, -0.2) is 4.79 Å². The number of amides is 2. The second kappa shape index (κ2) is 7.87. The summed E-state index contributed by atoms with van der Waals surface area (Å²) in [5, 5.41) is 5.07. The van der Waals surface area contributed by atoms with Crippen LogP contribution in [-0.2, 0) is 14.3 Å². The van der Waals surface area contributed by atoms with Gasteiger partial charge in [0.05, 0.1) is 6.04 Å². The van der Waals surface area contributed by atoms with Gasteiger partial charge in [0.1, 0.15) is 17.9 Å². The van der Waals surface area contributed by atoms with Crippen molar-refractivity contribution in [2.45, 2.75) is 65.6 Å². The number of nitrogens with one attached hydrogen (secondary N) is 2. The van der Waals surface area contributed by atoms with Crippen molar-refractivity contribution in [2.24, 2.45) is 5.92 Å². The van der Waals surface area contributed by atoms with Gasteiger partial charge in [-0.1, -0.05) is 13.8 Å². The Kier molecular flexibility index (Phi) is 7.24. The van der Waals surface area contributed by atoms with Gasteiger partial charge in [-0.3, -0.25) is 4.79 Å². The molecule has 0 heterocycles. The van der Waals surface area contributed by atoms with E-state index in [0.717, 1.165) is 0 Å². The van der Waals surface area contributed by atoms with Crippen LogP contribution in [0.15, 0.2) is 0 Å². The maximum atomic E-state index is 12.0. The van der Waals surface area contributed by atoms with Crippen molar-refractivity contribution < 1.29 is 19.1 Å². The van der Waals surface area contributed by atoms with Gasteiger partial charge in [-0.15, -0.1) is 0 Å². The lowest BCUT2D eigenvalue weighted by Gasteiger charge is -2.24. The van der Waals surface area contributed by atoms with Crippen LogP contribution in [0, 0.1) is 5.92 Å². The van der Waals surface area contributed by atoms with E-state index in [1.165, 1.54) is 0 Å². The third-order valence-electron chi connectivity index (χ3n) is 2.29. The Morgan fingerprint density at radius 2 is 1.70 bits per heavy atom. The summed E-state index contributed by atoms with van der Waals surface area (Å²) in [6, 6.07) is -1.30. The topological polar surface area (TPSA) is 84.5 Å². The molecule has 6 heteroatoms. The Hall–Kier alpha value is -1.59. The molecule has 0 radical (unpaired) electrons. The molecule has 0 aromatic carbocycles. The lowest BCUT2D eigenvalue weighted by molar-refractivity contribution is -0.125. The predicted octanol–water partition coefficient (Wildman–Crippen LogP) is 1.63. The molecule has 116 valence electrons. The molecule has 0 spiro atoms. The molecule has 2 atom stereocenters. The molecule has 0 rings (SSSR count). The summed E-state index contributed by atoms with van der Waals surface area (Å²) in [6.07, 6.45) is 0.464. The van der Waals surface area contributed by atoms with Crippen molar-refractivity contribution >= 4 is 18.3 Å². The van der Waals surface area contributed by atoms with Crippen LogP contribution < -0.4 is 10.6 Å². The number of ether oxygens (including phenoxy) is 1. The van der Waals surface area contributed by atoms with Gasteiger partial charge < -0.3 is 20.2 Å². The van der Waals surface area contributed by atoms with Crippen molar-refractivity contribution in [2.75, 3.05) is 0 Å². The number of hydrogen-bond acceptors (Lipinski definition) is 4. The quantitative estimate of drug-likeness (QED) is 0.727. The van der Waals surface area contributed by atoms with Gasteiger partial charge in [0.25, 0.3) is 0 Å². The Morgan fingerprint density at radius 3 is 2.10 bits per heavy atom. The fourth-order valence-electron chi connectivity index (χ4n) is 1.51. The zero-order chi connectivity index (χ0) is 15.9. The molecule has 0 aromatic rings. The van der Waals surface area contributed by atoms with Crippen LogP contribution in [0.25, 0.3) is 0 Å². The van der Waals surface area contributed by atoms with Crippen molar-refractivity contribution in [3.8, 4) is 0 Å². The van der Waals surface area contributed by atoms with Crippen LogP contribution in [0.5, 0.6) is 0 Å². The first-order valence-electron chi connectivity index (χ1n) is 6.80. The largest absolute Gasteiger partial charge is 0.444 e. The number of alkyl carbamates (subject to hydrolysis) is 1. The zero-order valence-corrected chi connectivity index (χ0v) is 13.1. The lowest BCUT2D eigenvalue weighted by Crippen LogP contribution is -2.50. The van der Waals surface area contributed by atoms with Crippen LogP contribution >= 0.6 is 0 Å².